The molecule has 1 fully saturated rings. The third kappa shape index (κ3) is 2.31. The van der Waals surface area contributed by atoms with Crippen molar-refractivity contribution in [1.29, 1.82) is 0 Å². The van der Waals surface area contributed by atoms with Gasteiger partial charge >= 0.3 is 0 Å². The maximum absolute atomic E-state index is 10.8. The third-order valence-corrected chi connectivity index (χ3v) is 3.69. The molecule has 1 saturated heterocycles. The summed E-state index contributed by atoms with van der Waals surface area (Å²) in [4.78, 5) is 0. The van der Waals surface area contributed by atoms with E-state index in [4.69, 9.17) is 9.47 Å². The zero-order valence-corrected chi connectivity index (χ0v) is 11.2. The highest BCUT2D eigenvalue weighted by Gasteiger charge is 2.37. The first-order valence-electron chi connectivity index (χ1n) is 6.28. The zero-order valence-electron chi connectivity index (χ0n) is 11.2. The quantitative estimate of drug-likeness (QED) is 0.854. The van der Waals surface area contributed by atoms with Crippen molar-refractivity contribution in [2.75, 3.05) is 20.8 Å². The van der Waals surface area contributed by atoms with E-state index in [1.165, 1.54) is 0 Å². The molecule has 0 aromatic heterocycles. The minimum absolute atomic E-state index is 0.0693. The Morgan fingerprint density at radius 1 is 1.33 bits per heavy atom. The standard InChI is InChI=1S/C14H21NO3/c1-14(16,13-5-4-8-15-13)11-7-6-10(17-2)9-12(11)18-3/h6-7,9,13,15-16H,4-5,8H2,1-3H3/t13-,14?/m0/s1. The van der Waals surface area contributed by atoms with E-state index in [9.17, 15) is 5.11 Å². The van der Waals surface area contributed by atoms with Crippen molar-refractivity contribution in [3.8, 4) is 11.5 Å². The van der Waals surface area contributed by atoms with Crippen molar-refractivity contribution in [2.24, 2.45) is 0 Å². The van der Waals surface area contributed by atoms with Crippen LogP contribution in [0.25, 0.3) is 0 Å². The number of benzene rings is 1. The highest BCUT2D eigenvalue weighted by atomic mass is 16.5. The van der Waals surface area contributed by atoms with Crippen LogP contribution in [0.3, 0.4) is 0 Å². The number of aliphatic hydroxyl groups is 1. The molecule has 2 N–H and O–H groups in total. The zero-order chi connectivity index (χ0) is 13.2. The van der Waals surface area contributed by atoms with Gasteiger partial charge in [0.05, 0.1) is 14.2 Å². The van der Waals surface area contributed by atoms with Gasteiger partial charge in [0, 0.05) is 17.7 Å². The van der Waals surface area contributed by atoms with Crippen LogP contribution in [0.5, 0.6) is 11.5 Å². The van der Waals surface area contributed by atoms with Crippen LogP contribution >= 0.6 is 0 Å². The molecule has 1 heterocycles. The Morgan fingerprint density at radius 2 is 2.11 bits per heavy atom. The summed E-state index contributed by atoms with van der Waals surface area (Å²) in [6, 6.07) is 5.59. The van der Waals surface area contributed by atoms with Gasteiger partial charge in [0.2, 0.25) is 0 Å². The number of ether oxygens (including phenoxy) is 2. The third-order valence-electron chi connectivity index (χ3n) is 3.69. The van der Waals surface area contributed by atoms with Crippen molar-refractivity contribution in [3.05, 3.63) is 23.8 Å². The largest absolute Gasteiger partial charge is 0.497 e. The Bertz CT molecular complexity index is 412. The number of rotatable bonds is 4. The lowest BCUT2D eigenvalue weighted by atomic mass is 9.86. The molecular formula is C14H21NO3. The smallest absolute Gasteiger partial charge is 0.128 e. The first-order chi connectivity index (χ1) is 8.59. The van der Waals surface area contributed by atoms with Crippen LogP contribution in [0.1, 0.15) is 25.3 Å². The molecule has 1 aliphatic heterocycles. The summed E-state index contributed by atoms with van der Waals surface area (Å²) < 4.78 is 10.5. The van der Waals surface area contributed by atoms with Crippen LogP contribution in [-0.2, 0) is 5.60 Å². The number of methoxy groups -OCH3 is 2. The SMILES string of the molecule is COc1ccc(C(C)(O)[C@@H]2CCCN2)c(OC)c1. The second kappa shape index (κ2) is 5.16. The first kappa shape index (κ1) is 13.2. The molecule has 4 nitrogen and oxygen atoms in total. The molecule has 0 saturated carbocycles. The van der Waals surface area contributed by atoms with Crippen LogP contribution in [0.4, 0.5) is 0 Å². The predicted molar refractivity (Wildman–Crippen MR) is 70.1 cm³/mol. The van der Waals surface area contributed by atoms with Crippen LogP contribution in [0.15, 0.2) is 18.2 Å². The average molecular weight is 251 g/mol. The molecule has 2 atom stereocenters. The fourth-order valence-corrected chi connectivity index (χ4v) is 2.57. The van der Waals surface area contributed by atoms with E-state index in [1.807, 2.05) is 19.1 Å². The highest BCUT2D eigenvalue weighted by Crippen LogP contribution is 2.37. The van der Waals surface area contributed by atoms with Crippen molar-refractivity contribution in [3.63, 3.8) is 0 Å². The van der Waals surface area contributed by atoms with Gasteiger partial charge in [0.1, 0.15) is 17.1 Å². The highest BCUT2D eigenvalue weighted by molar-refractivity contribution is 5.44. The van der Waals surface area contributed by atoms with Gasteiger partial charge in [-0.05, 0) is 38.4 Å². The van der Waals surface area contributed by atoms with E-state index in [2.05, 4.69) is 5.32 Å². The second-order valence-corrected chi connectivity index (χ2v) is 4.86. The van der Waals surface area contributed by atoms with E-state index >= 15 is 0 Å². The minimum atomic E-state index is -0.936. The van der Waals surface area contributed by atoms with Gasteiger partial charge in [-0.1, -0.05) is 0 Å². The summed E-state index contributed by atoms with van der Waals surface area (Å²) in [6.07, 6.45) is 2.07. The molecule has 0 aliphatic carbocycles. The Kier molecular flexibility index (Phi) is 3.78. The fraction of sp³-hybridized carbons (Fsp3) is 0.571. The Hall–Kier alpha value is -1.26. The predicted octanol–water partition coefficient (Wildman–Crippen LogP) is 1.66. The summed E-state index contributed by atoms with van der Waals surface area (Å²) in [6.45, 7) is 2.79. The van der Waals surface area contributed by atoms with Crippen molar-refractivity contribution in [1.82, 2.24) is 5.32 Å². The van der Waals surface area contributed by atoms with Gasteiger partial charge in [0.15, 0.2) is 0 Å². The maximum atomic E-state index is 10.8. The molecule has 2 rings (SSSR count). The molecular weight excluding hydrogens is 230 g/mol. The van der Waals surface area contributed by atoms with Crippen molar-refractivity contribution < 1.29 is 14.6 Å². The van der Waals surface area contributed by atoms with Gasteiger partial charge < -0.3 is 19.9 Å². The second-order valence-electron chi connectivity index (χ2n) is 4.86. The van der Waals surface area contributed by atoms with E-state index < -0.39 is 5.60 Å². The Balaban J connectivity index is 2.36. The van der Waals surface area contributed by atoms with Gasteiger partial charge in [0.25, 0.3) is 0 Å². The lowest BCUT2D eigenvalue weighted by Crippen LogP contribution is -2.43. The molecule has 18 heavy (non-hydrogen) atoms. The van der Waals surface area contributed by atoms with E-state index in [0.29, 0.717) is 5.75 Å². The average Bonchev–Trinajstić information content (AvgIpc) is 2.92. The summed E-state index contributed by atoms with van der Waals surface area (Å²) >= 11 is 0. The molecule has 1 aromatic carbocycles. The molecule has 0 amide bonds. The summed E-state index contributed by atoms with van der Waals surface area (Å²) in [7, 11) is 3.22. The normalized spacial score (nSPS) is 22.6. The van der Waals surface area contributed by atoms with Crippen LogP contribution in [0.2, 0.25) is 0 Å². The van der Waals surface area contributed by atoms with Crippen LogP contribution in [-0.4, -0.2) is 31.9 Å². The van der Waals surface area contributed by atoms with E-state index in [0.717, 1.165) is 30.7 Å². The number of nitrogens with one attached hydrogen (secondary N) is 1. The van der Waals surface area contributed by atoms with Crippen LogP contribution in [0, 0.1) is 0 Å². The molecule has 0 bridgehead atoms. The molecule has 4 heteroatoms. The molecule has 0 spiro atoms. The maximum Gasteiger partial charge on any atom is 0.128 e. The summed E-state index contributed by atoms with van der Waals surface area (Å²) in [5, 5.41) is 14.1. The lowest BCUT2D eigenvalue weighted by Gasteiger charge is -2.32. The molecule has 1 unspecified atom stereocenters. The van der Waals surface area contributed by atoms with Crippen molar-refractivity contribution in [2.45, 2.75) is 31.4 Å². The summed E-state index contributed by atoms with van der Waals surface area (Å²) in [5.41, 5.74) is -0.140. The van der Waals surface area contributed by atoms with Gasteiger partial charge in [-0.3, -0.25) is 0 Å². The monoisotopic (exact) mass is 251 g/mol. The first-order valence-corrected chi connectivity index (χ1v) is 6.28. The van der Waals surface area contributed by atoms with E-state index in [1.54, 1.807) is 20.3 Å². The van der Waals surface area contributed by atoms with Crippen molar-refractivity contribution >= 4 is 0 Å². The van der Waals surface area contributed by atoms with E-state index in [-0.39, 0.29) is 6.04 Å². The molecule has 100 valence electrons. The minimum Gasteiger partial charge on any atom is -0.497 e. The fourth-order valence-electron chi connectivity index (χ4n) is 2.57. The van der Waals surface area contributed by atoms with Gasteiger partial charge in [-0.15, -0.1) is 0 Å². The molecule has 1 aliphatic rings. The Labute approximate surface area is 108 Å². The van der Waals surface area contributed by atoms with Gasteiger partial charge in [-0.2, -0.15) is 0 Å². The van der Waals surface area contributed by atoms with Gasteiger partial charge in [-0.25, -0.2) is 0 Å². The summed E-state index contributed by atoms with van der Waals surface area (Å²) in [5.74, 6) is 1.39. The molecule has 1 aromatic rings. The number of hydrogen-bond donors (Lipinski definition) is 2. The lowest BCUT2D eigenvalue weighted by molar-refractivity contribution is 0.0196. The number of hydrogen-bond acceptors (Lipinski definition) is 4. The van der Waals surface area contributed by atoms with Crippen LogP contribution < -0.4 is 14.8 Å². The topological polar surface area (TPSA) is 50.7 Å². The Morgan fingerprint density at radius 3 is 2.67 bits per heavy atom. The molecule has 0 radical (unpaired) electrons.